The van der Waals surface area contributed by atoms with Gasteiger partial charge in [0.15, 0.2) is 0 Å². The van der Waals surface area contributed by atoms with Crippen molar-refractivity contribution in [3.05, 3.63) is 29.3 Å². The molecule has 3 nitrogen and oxygen atoms in total. The number of alkyl halides is 3. The van der Waals surface area contributed by atoms with Crippen LogP contribution in [0.2, 0.25) is 0 Å². The van der Waals surface area contributed by atoms with Gasteiger partial charge in [-0.05, 0) is 30.0 Å². The molecule has 0 bridgehead atoms. The van der Waals surface area contributed by atoms with Crippen molar-refractivity contribution in [2.45, 2.75) is 24.3 Å². The Balaban J connectivity index is 2.87. The standard InChI is InChI=1S/C11H11F3O3S/c1-18-7-2-3-8(11(15)16)6(4-7)5-17-10(14)9(12)13/h2-4,9-10H,5H2,1H3,(H,15,16). The van der Waals surface area contributed by atoms with Crippen LogP contribution in [0.3, 0.4) is 0 Å². The first-order chi connectivity index (χ1) is 8.45. The molecule has 0 saturated heterocycles. The highest BCUT2D eigenvalue weighted by molar-refractivity contribution is 7.98. The molecular weight excluding hydrogens is 269 g/mol. The third-order valence-corrected chi connectivity index (χ3v) is 2.86. The Morgan fingerprint density at radius 1 is 1.44 bits per heavy atom. The predicted molar refractivity (Wildman–Crippen MR) is 60.9 cm³/mol. The van der Waals surface area contributed by atoms with Gasteiger partial charge in [0, 0.05) is 4.90 Å². The summed E-state index contributed by atoms with van der Waals surface area (Å²) in [5.74, 6) is -1.21. The van der Waals surface area contributed by atoms with E-state index in [1.807, 2.05) is 0 Å². The first-order valence-electron chi connectivity index (χ1n) is 4.89. The van der Waals surface area contributed by atoms with Crippen molar-refractivity contribution in [3.63, 3.8) is 0 Å². The molecule has 0 fully saturated rings. The number of carboxylic acid groups (broad SMARTS) is 1. The fraction of sp³-hybridized carbons (Fsp3) is 0.364. The Kier molecular flexibility index (Phi) is 5.49. The lowest BCUT2D eigenvalue weighted by molar-refractivity contribution is -0.135. The van der Waals surface area contributed by atoms with E-state index >= 15 is 0 Å². The van der Waals surface area contributed by atoms with Crippen molar-refractivity contribution in [3.8, 4) is 0 Å². The van der Waals surface area contributed by atoms with E-state index in [0.29, 0.717) is 0 Å². The summed E-state index contributed by atoms with van der Waals surface area (Å²) in [6.07, 6.45) is -4.19. The summed E-state index contributed by atoms with van der Waals surface area (Å²) in [5.41, 5.74) is 0.0758. The lowest BCUT2D eigenvalue weighted by atomic mass is 10.1. The van der Waals surface area contributed by atoms with E-state index in [-0.39, 0.29) is 11.1 Å². The van der Waals surface area contributed by atoms with Gasteiger partial charge in [-0.25, -0.2) is 18.0 Å². The molecule has 7 heteroatoms. The molecule has 0 saturated carbocycles. The Bertz CT molecular complexity index is 426. The molecule has 0 spiro atoms. The van der Waals surface area contributed by atoms with Gasteiger partial charge in [0.05, 0.1) is 12.2 Å². The van der Waals surface area contributed by atoms with E-state index in [4.69, 9.17) is 5.11 Å². The minimum Gasteiger partial charge on any atom is -0.478 e. The lowest BCUT2D eigenvalue weighted by Gasteiger charge is -2.11. The van der Waals surface area contributed by atoms with E-state index in [2.05, 4.69) is 4.74 Å². The summed E-state index contributed by atoms with van der Waals surface area (Å²) in [6.45, 7) is -0.512. The van der Waals surface area contributed by atoms with Crippen LogP contribution in [0, 0.1) is 0 Å². The number of hydrogen-bond acceptors (Lipinski definition) is 3. The molecule has 0 aliphatic rings. The molecule has 0 aromatic heterocycles. The maximum Gasteiger partial charge on any atom is 0.336 e. The summed E-state index contributed by atoms with van der Waals surface area (Å²) in [7, 11) is 0. The van der Waals surface area contributed by atoms with Gasteiger partial charge in [-0.1, -0.05) is 0 Å². The maximum absolute atomic E-state index is 12.6. The van der Waals surface area contributed by atoms with E-state index in [0.717, 1.165) is 4.90 Å². The summed E-state index contributed by atoms with van der Waals surface area (Å²) in [5, 5.41) is 8.90. The van der Waals surface area contributed by atoms with Crippen LogP contribution in [0.5, 0.6) is 0 Å². The number of ether oxygens (including phenoxy) is 1. The van der Waals surface area contributed by atoms with E-state index < -0.39 is 25.4 Å². The van der Waals surface area contributed by atoms with Gasteiger partial charge < -0.3 is 9.84 Å². The number of carboxylic acids is 1. The summed E-state index contributed by atoms with van der Waals surface area (Å²) in [4.78, 5) is 11.6. The molecule has 1 rings (SSSR count). The smallest absolute Gasteiger partial charge is 0.336 e. The van der Waals surface area contributed by atoms with Crippen molar-refractivity contribution in [1.29, 1.82) is 0 Å². The molecule has 1 N–H and O–H groups in total. The highest BCUT2D eigenvalue weighted by atomic mass is 32.2. The molecule has 1 atom stereocenters. The third kappa shape index (κ3) is 3.92. The Hall–Kier alpha value is -1.21. The zero-order valence-corrected chi connectivity index (χ0v) is 10.2. The molecule has 0 aliphatic carbocycles. The normalized spacial score (nSPS) is 12.7. The van der Waals surface area contributed by atoms with Gasteiger partial charge in [0.2, 0.25) is 0 Å². The monoisotopic (exact) mass is 280 g/mol. The number of carbonyl (C=O) groups is 1. The minimum atomic E-state index is -3.25. The van der Waals surface area contributed by atoms with Crippen LogP contribution in [-0.4, -0.2) is 30.1 Å². The molecule has 1 unspecified atom stereocenters. The van der Waals surface area contributed by atoms with E-state index in [9.17, 15) is 18.0 Å². The van der Waals surface area contributed by atoms with Gasteiger partial charge in [-0.2, -0.15) is 0 Å². The second-order valence-corrected chi connectivity index (χ2v) is 4.20. The average molecular weight is 280 g/mol. The van der Waals surface area contributed by atoms with Crippen LogP contribution in [0.25, 0.3) is 0 Å². The molecule has 1 aromatic carbocycles. The molecule has 0 radical (unpaired) electrons. The van der Waals surface area contributed by atoms with Crippen LogP contribution in [0.1, 0.15) is 15.9 Å². The van der Waals surface area contributed by atoms with Crippen LogP contribution in [-0.2, 0) is 11.3 Å². The third-order valence-electron chi connectivity index (χ3n) is 2.14. The Labute approximate surface area is 106 Å². The van der Waals surface area contributed by atoms with Crippen LogP contribution in [0.15, 0.2) is 23.1 Å². The Morgan fingerprint density at radius 3 is 2.61 bits per heavy atom. The molecule has 18 heavy (non-hydrogen) atoms. The summed E-state index contributed by atoms with van der Waals surface area (Å²) in [6, 6.07) is 4.40. The lowest BCUT2D eigenvalue weighted by Crippen LogP contribution is -2.17. The average Bonchev–Trinajstić information content (AvgIpc) is 2.34. The van der Waals surface area contributed by atoms with E-state index in [1.54, 1.807) is 12.3 Å². The zero-order valence-electron chi connectivity index (χ0n) is 9.40. The number of benzene rings is 1. The molecule has 0 amide bonds. The van der Waals surface area contributed by atoms with Crippen LogP contribution < -0.4 is 0 Å². The second kappa shape index (κ2) is 6.65. The van der Waals surface area contributed by atoms with Crippen LogP contribution >= 0.6 is 11.8 Å². The van der Waals surface area contributed by atoms with Crippen molar-refractivity contribution in [2.24, 2.45) is 0 Å². The van der Waals surface area contributed by atoms with Gasteiger partial charge in [0.25, 0.3) is 12.8 Å². The summed E-state index contributed by atoms with van der Waals surface area (Å²) < 4.78 is 40.7. The van der Waals surface area contributed by atoms with Gasteiger partial charge >= 0.3 is 5.97 Å². The number of hydrogen-bond donors (Lipinski definition) is 1. The van der Waals surface area contributed by atoms with Crippen molar-refractivity contribution < 1.29 is 27.8 Å². The molecular formula is C11H11F3O3S. The SMILES string of the molecule is CSc1ccc(C(=O)O)c(COC(F)C(F)F)c1. The first-order valence-corrected chi connectivity index (χ1v) is 6.12. The fourth-order valence-corrected chi connectivity index (χ4v) is 1.73. The zero-order chi connectivity index (χ0) is 13.7. The highest BCUT2D eigenvalue weighted by Crippen LogP contribution is 2.21. The number of aromatic carboxylic acids is 1. The van der Waals surface area contributed by atoms with Gasteiger partial charge in [0.1, 0.15) is 0 Å². The Morgan fingerprint density at radius 2 is 2.11 bits per heavy atom. The molecule has 1 aromatic rings. The van der Waals surface area contributed by atoms with Gasteiger partial charge in [-0.15, -0.1) is 11.8 Å². The molecule has 0 aliphatic heterocycles. The second-order valence-electron chi connectivity index (χ2n) is 3.32. The largest absolute Gasteiger partial charge is 0.478 e. The maximum atomic E-state index is 12.6. The fourth-order valence-electron chi connectivity index (χ4n) is 1.27. The highest BCUT2D eigenvalue weighted by Gasteiger charge is 2.21. The molecule has 0 heterocycles. The molecule has 100 valence electrons. The predicted octanol–water partition coefficient (Wildman–Crippen LogP) is 3.18. The van der Waals surface area contributed by atoms with E-state index in [1.165, 1.54) is 23.9 Å². The van der Waals surface area contributed by atoms with Crippen molar-refractivity contribution in [1.82, 2.24) is 0 Å². The number of rotatable bonds is 6. The van der Waals surface area contributed by atoms with Gasteiger partial charge in [-0.3, -0.25) is 0 Å². The number of thioether (sulfide) groups is 1. The topological polar surface area (TPSA) is 46.5 Å². The quantitative estimate of drug-likeness (QED) is 0.813. The number of halogens is 3. The summed E-state index contributed by atoms with van der Waals surface area (Å²) >= 11 is 1.35. The van der Waals surface area contributed by atoms with Crippen molar-refractivity contribution in [2.75, 3.05) is 6.26 Å². The minimum absolute atomic E-state index is 0.0886. The van der Waals surface area contributed by atoms with Crippen molar-refractivity contribution >= 4 is 17.7 Å². The van der Waals surface area contributed by atoms with Crippen LogP contribution in [0.4, 0.5) is 13.2 Å². The first kappa shape index (κ1) is 14.8.